The van der Waals surface area contributed by atoms with Gasteiger partial charge < -0.3 is 10.0 Å². The minimum atomic E-state index is 0.131. The quantitative estimate of drug-likeness (QED) is 0.457. The molecule has 4 atom stereocenters. The molecule has 5 rings (SSSR count). The van der Waals surface area contributed by atoms with Gasteiger partial charge in [0.05, 0.1) is 6.42 Å². The highest BCUT2D eigenvalue weighted by atomic mass is 16.3. The Morgan fingerprint density at radius 1 is 0.914 bits per heavy atom. The lowest BCUT2D eigenvalue weighted by Crippen LogP contribution is -2.51. The normalized spacial score (nSPS) is 22.6. The van der Waals surface area contributed by atoms with Gasteiger partial charge >= 0.3 is 0 Å². The van der Waals surface area contributed by atoms with Crippen LogP contribution in [0.1, 0.15) is 55.2 Å². The fourth-order valence-corrected chi connectivity index (χ4v) is 6.17. The highest BCUT2D eigenvalue weighted by molar-refractivity contribution is 5.79. The number of carbonyl (C=O) groups excluding carboxylic acids is 1. The van der Waals surface area contributed by atoms with E-state index >= 15 is 0 Å². The summed E-state index contributed by atoms with van der Waals surface area (Å²) in [4.78, 5) is 18.3. The molecule has 182 valence electrons. The number of carbonyl (C=O) groups is 1. The number of amides is 1. The van der Waals surface area contributed by atoms with E-state index in [1.807, 2.05) is 60.7 Å². The van der Waals surface area contributed by atoms with Gasteiger partial charge in [0.15, 0.2) is 0 Å². The lowest BCUT2D eigenvalue weighted by atomic mass is 9.85. The Morgan fingerprint density at radius 3 is 2.17 bits per heavy atom. The van der Waals surface area contributed by atoms with E-state index in [-0.39, 0.29) is 11.9 Å². The Hall–Kier alpha value is -3.11. The van der Waals surface area contributed by atoms with Crippen molar-refractivity contribution < 1.29 is 9.90 Å². The van der Waals surface area contributed by atoms with Gasteiger partial charge in [0.25, 0.3) is 0 Å². The van der Waals surface area contributed by atoms with Gasteiger partial charge in [-0.3, -0.25) is 9.69 Å². The summed E-state index contributed by atoms with van der Waals surface area (Å²) in [6, 6.07) is 29.4. The predicted octanol–water partition coefficient (Wildman–Crippen LogP) is 5.76. The van der Waals surface area contributed by atoms with Crippen LogP contribution in [0, 0.1) is 0 Å². The highest BCUT2D eigenvalue weighted by Crippen LogP contribution is 2.43. The molecule has 0 aliphatic carbocycles. The summed E-state index contributed by atoms with van der Waals surface area (Å²) >= 11 is 0. The van der Waals surface area contributed by atoms with E-state index in [1.54, 1.807) is 6.07 Å². The Kier molecular flexibility index (Phi) is 7.19. The maximum Gasteiger partial charge on any atom is 0.227 e. The van der Waals surface area contributed by atoms with Crippen molar-refractivity contribution in [3.63, 3.8) is 0 Å². The molecule has 1 N–H and O–H groups in total. The fraction of sp³-hybridized carbons (Fsp3) is 0.387. The van der Waals surface area contributed by atoms with Crippen molar-refractivity contribution in [2.24, 2.45) is 0 Å². The van der Waals surface area contributed by atoms with Crippen LogP contribution in [0.25, 0.3) is 0 Å². The minimum absolute atomic E-state index is 0.131. The molecule has 2 fully saturated rings. The molecule has 0 saturated carbocycles. The van der Waals surface area contributed by atoms with Gasteiger partial charge in [-0.15, -0.1) is 0 Å². The second kappa shape index (κ2) is 10.7. The first-order chi connectivity index (χ1) is 17.1. The maximum atomic E-state index is 13.5. The molecule has 4 nitrogen and oxygen atoms in total. The van der Waals surface area contributed by atoms with Crippen molar-refractivity contribution in [2.75, 3.05) is 6.54 Å². The number of fused-ring (bicyclic) bond motifs is 2. The van der Waals surface area contributed by atoms with E-state index in [4.69, 9.17) is 0 Å². The molecular formula is C31H36N2O2. The maximum absolute atomic E-state index is 13.5. The number of benzene rings is 3. The number of rotatable bonds is 8. The van der Waals surface area contributed by atoms with Crippen molar-refractivity contribution in [1.82, 2.24) is 9.80 Å². The third-order valence-electron chi connectivity index (χ3n) is 7.95. The van der Waals surface area contributed by atoms with Crippen molar-refractivity contribution >= 4 is 5.91 Å². The molecule has 0 aromatic heterocycles. The molecule has 4 heteroatoms. The largest absolute Gasteiger partial charge is 0.508 e. The second-order valence-electron chi connectivity index (χ2n) is 10.4. The van der Waals surface area contributed by atoms with Crippen LogP contribution in [0.4, 0.5) is 0 Å². The smallest absolute Gasteiger partial charge is 0.227 e. The molecule has 2 bridgehead atoms. The Balaban J connectivity index is 1.29. The summed E-state index contributed by atoms with van der Waals surface area (Å²) in [5.41, 5.74) is 3.50. The number of phenolic OH excluding ortho intramolecular Hbond substituents is 1. The van der Waals surface area contributed by atoms with Crippen LogP contribution in [-0.4, -0.2) is 45.5 Å². The summed E-state index contributed by atoms with van der Waals surface area (Å²) in [6.07, 6.45) is 5.14. The molecule has 2 saturated heterocycles. The second-order valence-corrected chi connectivity index (χ2v) is 10.4. The summed E-state index contributed by atoms with van der Waals surface area (Å²) in [7, 11) is 0. The van der Waals surface area contributed by atoms with E-state index < -0.39 is 0 Å². The number of hydrogen-bond donors (Lipinski definition) is 1. The highest BCUT2D eigenvalue weighted by Gasteiger charge is 2.42. The van der Waals surface area contributed by atoms with Gasteiger partial charge in [-0.1, -0.05) is 72.8 Å². The van der Waals surface area contributed by atoms with Crippen LogP contribution in [0.15, 0.2) is 84.9 Å². The predicted molar refractivity (Wildman–Crippen MR) is 140 cm³/mol. The number of aromatic hydroxyl groups is 1. The standard InChI is InChI=1S/C31H36N2O2/c1-23(21-33-28-15-16-29(33)19-27(18-28)26-13-8-14-30(34)20-26)32(22-25-11-6-3-7-12-25)31(35)17-24-9-4-2-5-10-24/h2-14,20,23,27-29,34H,15-19,21-22H2,1H3/t23?,27?,28-,29?/m1/s1. The third kappa shape index (κ3) is 5.59. The summed E-state index contributed by atoms with van der Waals surface area (Å²) in [6.45, 7) is 3.77. The first kappa shape index (κ1) is 23.6. The molecule has 1 amide bonds. The average Bonchev–Trinajstić information content (AvgIpc) is 3.09. The van der Waals surface area contributed by atoms with Crippen LogP contribution in [0.3, 0.4) is 0 Å². The van der Waals surface area contributed by atoms with Crippen molar-refractivity contribution in [1.29, 1.82) is 0 Å². The minimum Gasteiger partial charge on any atom is -0.508 e. The Morgan fingerprint density at radius 2 is 1.54 bits per heavy atom. The van der Waals surface area contributed by atoms with E-state index in [1.165, 1.54) is 24.0 Å². The molecule has 3 aromatic carbocycles. The van der Waals surface area contributed by atoms with E-state index in [0.29, 0.717) is 36.7 Å². The third-order valence-corrected chi connectivity index (χ3v) is 7.95. The average molecular weight is 469 g/mol. The van der Waals surface area contributed by atoms with Crippen LogP contribution in [0.2, 0.25) is 0 Å². The number of piperidine rings is 1. The first-order valence-electron chi connectivity index (χ1n) is 13.0. The van der Waals surface area contributed by atoms with Crippen LogP contribution >= 0.6 is 0 Å². The molecule has 0 spiro atoms. The van der Waals surface area contributed by atoms with Gasteiger partial charge in [-0.05, 0) is 67.3 Å². The SMILES string of the molecule is CC(CN1C2CC[C@@H]1CC(c1cccc(O)c1)C2)N(Cc1ccccc1)C(=O)Cc1ccccc1. The van der Waals surface area contributed by atoms with E-state index in [2.05, 4.69) is 34.9 Å². The molecular weight excluding hydrogens is 432 g/mol. The lowest BCUT2D eigenvalue weighted by molar-refractivity contribution is -0.133. The molecule has 2 heterocycles. The summed E-state index contributed by atoms with van der Waals surface area (Å²) in [5.74, 6) is 1.06. The van der Waals surface area contributed by atoms with E-state index in [0.717, 1.165) is 24.9 Å². The van der Waals surface area contributed by atoms with Crippen molar-refractivity contribution in [3.05, 3.63) is 102 Å². The molecule has 3 unspecified atom stereocenters. The zero-order chi connectivity index (χ0) is 24.2. The van der Waals surface area contributed by atoms with Crippen molar-refractivity contribution in [3.8, 4) is 5.75 Å². The van der Waals surface area contributed by atoms with E-state index in [9.17, 15) is 9.90 Å². The van der Waals surface area contributed by atoms with Crippen molar-refractivity contribution in [2.45, 2.75) is 69.6 Å². The number of phenols is 1. The molecule has 2 aliphatic heterocycles. The van der Waals surface area contributed by atoms with Crippen LogP contribution in [-0.2, 0) is 17.8 Å². The monoisotopic (exact) mass is 468 g/mol. The summed E-state index contributed by atoms with van der Waals surface area (Å²) in [5, 5.41) is 9.95. The molecule has 2 aliphatic rings. The van der Waals surface area contributed by atoms with Crippen LogP contribution < -0.4 is 0 Å². The number of hydrogen-bond acceptors (Lipinski definition) is 3. The topological polar surface area (TPSA) is 43.8 Å². The Bertz CT molecular complexity index is 1100. The molecule has 35 heavy (non-hydrogen) atoms. The van der Waals surface area contributed by atoms with Gasteiger partial charge in [-0.2, -0.15) is 0 Å². The zero-order valence-electron chi connectivity index (χ0n) is 20.6. The molecule has 3 aromatic rings. The fourth-order valence-electron chi connectivity index (χ4n) is 6.17. The lowest BCUT2D eigenvalue weighted by Gasteiger charge is -2.42. The van der Waals surface area contributed by atoms with Gasteiger partial charge in [-0.25, -0.2) is 0 Å². The van der Waals surface area contributed by atoms with Crippen LogP contribution in [0.5, 0.6) is 5.75 Å². The summed E-state index contributed by atoms with van der Waals surface area (Å²) < 4.78 is 0. The van der Waals surface area contributed by atoms with Gasteiger partial charge in [0, 0.05) is 31.2 Å². The Labute approximate surface area is 209 Å². The van der Waals surface area contributed by atoms with Gasteiger partial charge in [0.2, 0.25) is 5.91 Å². The van der Waals surface area contributed by atoms with Gasteiger partial charge in [0.1, 0.15) is 5.75 Å². The molecule has 0 radical (unpaired) electrons. The first-order valence-corrected chi connectivity index (χ1v) is 13.0. The zero-order valence-corrected chi connectivity index (χ0v) is 20.6. The number of nitrogens with zero attached hydrogens (tertiary/aromatic N) is 2.